The van der Waals surface area contributed by atoms with Gasteiger partial charge in [0.15, 0.2) is 0 Å². The van der Waals surface area contributed by atoms with Gasteiger partial charge in [0.2, 0.25) is 5.69 Å². The summed E-state index contributed by atoms with van der Waals surface area (Å²) < 4.78 is 13.3. The molecule has 2 nitrogen and oxygen atoms in total. The molecule has 13 heavy (non-hydrogen) atoms. The van der Waals surface area contributed by atoms with Crippen molar-refractivity contribution in [3.8, 4) is 12.3 Å². The van der Waals surface area contributed by atoms with Crippen LogP contribution in [0.25, 0.3) is 4.85 Å². The molecule has 0 radical (unpaired) electrons. The van der Waals surface area contributed by atoms with Crippen LogP contribution in [0.4, 0.5) is 10.1 Å². The number of nitrogens with two attached hydrogens (primary N) is 1. The molecule has 0 saturated carbocycles. The van der Waals surface area contributed by atoms with Gasteiger partial charge >= 0.3 is 0 Å². The maximum atomic E-state index is 13.3. The molecule has 0 amide bonds. The Hall–Kier alpha value is -1.84. The number of benzene rings is 1. The highest BCUT2D eigenvalue weighted by atomic mass is 19.1. The lowest BCUT2D eigenvalue weighted by molar-refractivity contribution is 0.610. The molecule has 0 aromatic heterocycles. The largest absolute Gasteiger partial charge is 0.314 e. The van der Waals surface area contributed by atoms with Gasteiger partial charge in [0.1, 0.15) is 5.82 Å². The van der Waals surface area contributed by atoms with E-state index in [2.05, 4.69) is 10.8 Å². The van der Waals surface area contributed by atoms with Crippen LogP contribution in [0, 0.1) is 24.7 Å². The van der Waals surface area contributed by atoms with Gasteiger partial charge in [-0.1, -0.05) is 24.1 Å². The van der Waals surface area contributed by atoms with Crippen molar-refractivity contribution in [1.82, 2.24) is 0 Å². The van der Waals surface area contributed by atoms with Crippen LogP contribution in [0.1, 0.15) is 11.6 Å². The summed E-state index contributed by atoms with van der Waals surface area (Å²) in [6, 6.07) is 3.63. The second-order valence-electron chi connectivity index (χ2n) is 2.44. The van der Waals surface area contributed by atoms with Crippen LogP contribution in [0.3, 0.4) is 0 Å². The molecular formula is C10H7FN2. The highest BCUT2D eigenvalue weighted by Gasteiger charge is 2.11. The summed E-state index contributed by atoms with van der Waals surface area (Å²) in [5.74, 6) is 1.59. The molecule has 2 N–H and O–H groups in total. The molecule has 1 atom stereocenters. The summed E-state index contributed by atoms with van der Waals surface area (Å²) in [5, 5.41) is 0. The Morgan fingerprint density at radius 2 is 2.31 bits per heavy atom. The van der Waals surface area contributed by atoms with Crippen molar-refractivity contribution in [2.75, 3.05) is 0 Å². The molecule has 0 heterocycles. The molecule has 0 saturated heterocycles. The van der Waals surface area contributed by atoms with Crippen molar-refractivity contribution in [1.29, 1.82) is 0 Å². The van der Waals surface area contributed by atoms with Crippen molar-refractivity contribution in [2.45, 2.75) is 6.04 Å². The fourth-order valence-corrected chi connectivity index (χ4v) is 0.953. The summed E-state index contributed by atoms with van der Waals surface area (Å²) in [7, 11) is 0. The molecule has 0 fully saturated rings. The van der Waals surface area contributed by atoms with Gasteiger partial charge in [-0.3, -0.25) is 0 Å². The maximum Gasteiger partial charge on any atom is 0.222 e. The maximum absolute atomic E-state index is 13.3. The van der Waals surface area contributed by atoms with E-state index in [0.717, 1.165) is 0 Å². The lowest BCUT2D eigenvalue weighted by Crippen LogP contribution is -2.09. The average molecular weight is 174 g/mol. The van der Waals surface area contributed by atoms with Crippen LogP contribution in [0.2, 0.25) is 0 Å². The molecule has 1 aromatic rings. The Morgan fingerprint density at radius 1 is 1.62 bits per heavy atom. The first-order valence-corrected chi connectivity index (χ1v) is 3.58. The normalized spacial score (nSPS) is 11.4. The average Bonchev–Trinajstić information content (AvgIpc) is 2.17. The lowest BCUT2D eigenvalue weighted by atomic mass is 10.1. The minimum atomic E-state index is -0.790. The van der Waals surface area contributed by atoms with Gasteiger partial charge in [0.05, 0.1) is 12.6 Å². The van der Waals surface area contributed by atoms with Crippen LogP contribution in [-0.4, -0.2) is 0 Å². The van der Waals surface area contributed by atoms with Crippen LogP contribution >= 0.6 is 0 Å². The van der Waals surface area contributed by atoms with Crippen LogP contribution in [0.5, 0.6) is 0 Å². The van der Waals surface area contributed by atoms with Gasteiger partial charge in [-0.15, -0.1) is 6.42 Å². The number of hydrogen-bond acceptors (Lipinski definition) is 1. The van der Waals surface area contributed by atoms with E-state index in [1.165, 1.54) is 12.1 Å². The van der Waals surface area contributed by atoms with E-state index in [-0.39, 0.29) is 11.3 Å². The quantitative estimate of drug-likeness (QED) is 0.512. The molecule has 0 bridgehead atoms. The van der Waals surface area contributed by atoms with Gasteiger partial charge in [-0.25, -0.2) is 9.24 Å². The fraction of sp³-hybridized carbons (Fsp3) is 0.100. The molecule has 0 aliphatic rings. The molecule has 0 unspecified atom stereocenters. The fourth-order valence-electron chi connectivity index (χ4n) is 0.953. The van der Waals surface area contributed by atoms with Gasteiger partial charge < -0.3 is 5.73 Å². The van der Waals surface area contributed by atoms with E-state index in [9.17, 15) is 4.39 Å². The van der Waals surface area contributed by atoms with E-state index in [0.29, 0.717) is 0 Å². The van der Waals surface area contributed by atoms with E-state index in [1.54, 1.807) is 6.07 Å². The Labute approximate surface area is 76.0 Å². The molecular weight excluding hydrogens is 167 g/mol. The van der Waals surface area contributed by atoms with Crippen LogP contribution < -0.4 is 5.73 Å². The minimum Gasteiger partial charge on any atom is -0.314 e. The van der Waals surface area contributed by atoms with E-state index in [1.807, 2.05) is 0 Å². The smallest absolute Gasteiger partial charge is 0.222 e. The van der Waals surface area contributed by atoms with Crippen molar-refractivity contribution in [2.24, 2.45) is 5.73 Å². The first-order chi connectivity index (χ1) is 6.20. The number of halogens is 1. The van der Waals surface area contributed by atoms with Gasteiger partial charge in [0.25, 0.3) is 0 Å². The van der Waals surface area contributed by atoms with Gasteiger partial charge in [0, 0.05) is 5.56 Å². The molecule has 64 valence electrons. The zero-order valence-corrected chi connectivity index (χ0v) is 6.79. The summed E-state index contributed by atoms with van der Waals surface area (Å²) >= 11 is 0. The molecule has 1 rings (SSSR count). The zero-order chi connectivity index (χ0) is 9.84. The Balaban J connectivity index is 3.27. The van der Waals surface area contributed by atoms with Crippen LogP contribution in [0.15, 0.2) is 18.2 Å². The first kappa shape index (κ1) is 9.25. The second-order valence-corrected chi connectivity index (χ2v) is 2.44. The summed E-state index contributed by atoms with van der Waals surface area (Å²) in [6.45, 7) is 6.67. The SMILES string of the molecule is [C-]#[N+]c1cccc([C@H](N)C#C)c1F. The van der Waals surface area contributed by atoms with Crippen LogP contribution in [-0.2, 0) is 0 Å². The second kappa shape index (κ2) is 3.71. The van der Waals surface area contributed by atoms with Crippen molar-refractivity contribution >= 4 is 5.69 Å². The Kier molecular flexibility index (Phi) is 2.64. The molecule has 0 aliphatic carbocycles. The summed E-state index contributed by atoms with van der Waals surface area (Å²) in [4.78, 5) is 3.00. The molecule has 3 heteroatoms. The minimum absolute atomic E-state index is 0.0526. The number of terminal acetylenes is 1. The third kappa shape index (κ3) is 1.66. The van der Waals surface area contributed by atoms with Crippen molar-refractivity contribution in [3.63, 3.8) is 0 Å². The molecule has 0 aliphatic heterocycles. The summed E-state index contributed by atoms with van der Waals surface area (Å²) in [5.41, 5.74) is 5.58. The highest BCUT2D eigenvalue weighted by molar-refractivity contribution is 5.50. The predicted molar refractivity (Wildman–Crippen MR) is 48.4 cm³/mol. The van der Waals surface area contributed by atoms with E-state index >= 15 is 0 Å². The Morgan fingerprint density at radius 3 is 2.85 bits per heavy atom. The Bertz CT molecular complexity index is 398. The topological polar surface area (TPSA) is 30.4 Å². The number of hydrogen-bond donors (Lipinski definition) is 1. The van der Waals surface area contributed by atoms with Gasteiger partial charge in [-0.05, 0) is 0 Å². The third-order valence-electron chi connectivity index (χ3n) is 1.64. The standard InChI is InChI=1S/C10H7FN2/c1-3-8(12)7-5-4-6-9(13-2)10(7)11/h1,4-6,8H,12H2/t8-/m1/s1. The predicted octanol–water partition coefficient (Wildman–Crippen LogP) is 2.01. The van der Waals surface area contributed by atoms with E-state index in [4.69, 9.17) is 18.7 Å². The molecule has 0 spiro atoms. The zero-order valence-electron chi connectivity index (χ0n) is 6.79. The van der Waals surface area contributed by atoms with Gasteiger partial charge in [-0.2, -0.15) is 0 Å². The molecule has 1 aromatic carbocycles. The third-order valence-corrected chi connectivity index (χ3v) is 1.64. The van der Waals surface area contributed by atoms with Crippen molar-refractivity contribution < 1.29 is 4.39 Å². The lowest BCUT2D eigenvalue weighted by Gasteiger charge is -2.06. The van der Waals surface area contributed by atoms with Crippen molar-refractivity contribution in [3.05, 3.63) is 41.0 Å². The number of rotatable bonds is 1. The summed E-state index contributed by atoms with van der Waals surface area (Å²) in [6.07, 6.45) is 5.05. The highest BCUT2D eigenvalue weighted by Crippen LogP contribution is 2.23. The first-order valence-electron chi connectivity index (χ1n) is 3.58. The van der Waals surface area contributed by atoms with E-state index < -0.39 is 11.9 Å². The number of nitrogens with zero attached hydrogens (tertiary/aromatic N) is 1. The monoisotopic (exact) mass is 174 g/mol.